The van der Waals surface area contributed by atoms with E-state index >= 15 is 0 Å². The summed E-state index contributed by atoms with van der Waals surface area (Å²) in [6, 6.07) is 6.15. The van der Waals surface area contributed by atoms with E-state index in [1.807, 2.05) is 18.3 Å². The zero-order chi connectivity index (χ0) is 7.68. The molecular weight excluding hydrogens is 174 g/mol. The lowest BCUT2D eigenvalue weighted by Gasteiger charge is -1.87. The Morgan fingerprint density at radius 3 is 2.91 bits per heavy atom. The molecule has 0 aliphatic rings. The van der Waals surface area contributed by atoms with Crippen LogP contribution in [0.15, 0.2) is 34.7 Å². The van der Waals surface area contributed by atoms with Crippen molar-refractivity contribution in [1.82, 2.24) is 4.98 Å². The Labute approximate surface area is 74.5 Å². The predicted molar refractivity (Wildman–Crippen MR) is 51.4 cm³/mol. The molecule has 0 unspecified atom stereocenters. The molecule has 0 atom stereocenters. The monoisotopic (exact) mass is 181 g/mol. The van der Waals surface area contributed by atoms with Crippen molar-refractivity contribution in [3.05, 3.63) is 29.8 Å². The quantitative estimate of drug-likeness (QED) is 0.629. The van der Waals surface area contributed by atoms with Gasteiger partial charge in [-0.05, 0) is 17.5 Å². The number of hydrogen-bond acceptors (Lipinski definition) is 2. The van der Waals surface area contributed by atoms with Gasteiger partial charge in [0, 0.05) is 11.1 Å². The molecule has 0 amide bonds. The molecule has 2 aromatic rings. The summed E-state index contributed by atoms with van der Waals surface area (Å²) in [5.74, 6) is 0. The lowest BCUT2D eigenvalue weighted by Crippen LogP contribution is -1.65. The summed E-state index contributed by atoms with van der Waals surface area (Å²) in [5.41, 5.74) is 1.14. The van der Waals surface area contributed by atoms with E-state index in [0.29, 0.717) is 0 Å². The average molecular weight is 181 g/mol. The minimum Gasteiger partial charge on any atom is -0.359 e. The topological polar surface area (TPSA) is 15.8 Å². The van der Waals surface area contributed by atoms with Gasteiger partial charge in [-0.15, -0.1) is 24.0 Å². The van der Waals surface area contributed by atoms with Gasteiger partial charge in [0.2, 0.25) is 0 Å². The number of thiol groups is 1. The van der Waals surface area contributed by atoms with E-state index in [4.69, 9.17) is 0 Å². The van der Waals surface area contributed by atoms with E-state index in [-0.39, 0.29) is 0 Å². The summed E-state index contributed by atoms with van der Waals surface area (Å²) in [4.78, 5) is 5.38. The number of aromatic amines is 1. The van der Waals surface area contributed by atoms with Gasteiger partial charge in [-0.2, -0.15) is 0 Å². The maximum Gasteiger partial charge on any atom is 0.0566 e. The number of hydrogen-bond donors (Lipinski definition) is 2. The highest BCUT2D eigenvalue weighted by atomic mass is 32.1. The van der Waals surface area contributed by atoms with E-state index in [1.165, 1.54) is 4.88 Å². The van der Waals surface area contributed by atoms with Gasteiger partial charge < -0.3 is 4.98 Å². The second kappa shape index (κ2) is 2.75. The molecule has 2 aromatic heterocycles. The van der Waals surface area contributed by atoms with E-state index in [0.717, 1.165) is 10.6 Å². The number of aromatic nitrogens is 1. The minimum absolute atomic E-state index is 0.980. The van der Waals surface area contributed by atoms with Gasteiger partial charge in [0.25, 0.3) is 0 Å². The largest absolute Gasteiger partial charge is 0.359 e. The van der Waals surface area contributed by atoms with Crippen molar-refractivity contribution in [2.75, 3.05) is 0 Å². The maximum absolute atomic E-state index is 4.21. The van der Waals surface area contributed by atoms with Crippen molar-refractivity contribution >= 4 is 24.0 Å². The fourth-order valence-corrected chi connectivity index (χ4v) is 1.86. The van der Waals surface area contributed by atoms with Crippen LogP contribution in [0, 0.1) is 0 Å². The van der Waals surface area contributed by atoms with E-state index in [9.17, 15) is 0 Å². The molecule has 56 valence electrons. The zero-order valence-electron chi connectivity index (χ0n) is 5.74. The molecule has 0 radical (unpaired) electrons. The second-order valence-electron chi connectivity index (χ2n) is 2.25. The van der Waals surface area contributed by atoms with Crippen molar-refractivity contribution in [2.45, 2.75) is 4.90 Å². The van der Waals surface area contributed by atoms with Crippen LogP contribution >= 0.6 is 24.0 Å². The molecule has 1 nitrogen and oxygen atoms in total. The van der Waals surface area contributed by atoms with Crippen molar-refractivity contribution in [3.63, 3.8) is 0 Å². The fourth-order valence-electron chi connectivity index (χ4n) is 0.957. The van der Waals surface area contributed by atoms with E-state index in [2.05, 4.69) is 29.1 Å². The smallest absolute Gasteiger partial charge is 0.0566 e. The summed E-state index contributed by atoms with van der Waals surface area (Å²) in [6.07, 6.45) is 1.89. The Hall–Kier alpha value is -0.670. The first-order valence-corrected chi connectivity index (χ1v) is 4.60. The fraction of sp³-hybridized carbons (Fsp3) is 0. The normalized spacial score (nSPS) is 10.3. The molecule has 0 aliphatic carbocycles. The molecule has 0 fully saturated rings. The van der Waals surface area contributed by atoms with Crippen LogP contribution in [0.25, 0.3) is 10.6 Å². The van der Waals surface area contributed by atoms with E-state index in [1.54, 1.807) is 11.3 Å². The first kappa shape index (κ1) is 7.00. The average Bonchev–Trinajstić information content (AvgIpc) is 2.55. The zero-order valence-corrected chi connectivity index (χ0v) is 7.45. The molecule has 0 saturated heterocycles. The third-order valence-electron chi connectivity index (χ3n) is 1.45. The van der Waals surface area contributed by atoms with Crippen molar-refractivity contribution in [3.8, 4) is 10.6 Å². The molecule has 3 heteroatoms. The lowest BCUT2D eigenvalue weighted by molar-refractivity contribution is 1.39. The number of nitrogens with one attached hydrogen (secondary N) is 1. The Morgan fingerprint density at radius 2 is 2.36 bits per heavy atom. The van der Waals surface area contributed by atoms with Gasteiger partial charge in [0.05, 0.1) is 10.6 Å². The summed E-state index contributed by atoms with van der Waals surface area (Å²) in [6.45, 7) is 0. The standard InChI is InChI=1S/C8H7NS2/c10-6-4-7(9-5-6)8-2-1-3-11-8/h1-5,9-10H. The number of rotatable bonds is 1. The van der Waals surface area contributed by atoms with Crippen LogP contribution in [0.4, 0.5) is 0 Å². The summed E-state index contributed by atoms with van der Waals surface area (Å²) < 4.78 is 0. The molecule has 2 heterocycles. The lowest BCUT2D eigenvalue weighted by atomic mass is 10.3. The van der Waals surface area contributed by atoms with Crippen molar-refractivity contribution in [1.29, 1.82) is 0 Å². The van der Waals surface area contributed by atoms with Gasteiger partial charge in [-0.25, -0.2) is 0 Å². The van der Waals surface area contributed by atoms with Gasteiger partial charge in [-0.3, -0.25) is 0 Å². The Kier molecular flexibility index (Phi) is 1.75. The van der Waals surface area contributed by atoms with Crippen LogP contribution in [0.5, 0.6) is 0 Å². The molecule has 0 aromatic carbocycles. The summed E-state index contributed by atoms with van der Waals surface area (Å²) >= 11 is 5.93. The highest BCUT2D eigenvalue weighted by Crippen LogP contribution is 2.24. The van der Waals surface area contributed by atoms with Gasteiger partial charge in [-0.1, -0.05) is 6.07 Å². The van der Waals surface area contributed by atoms with Crippen LogP contribution in [-0.4, -0.2) is 4.98 Å². The summed E-state index contributed by atoms with van der Waals surface area (Å²) in [7, 11) is 0. The Balaban J connectivity index is 2.45. The van der Waals surface area contributed by atoms with Crippen LogP contribution in [0.2, 0.25) is 0 Å². The molecule has 1 N–H and O–H groups in total. The number of H-pyrrole nitrogens is 1. The highest BCUT2D eigenvalue weighted by molar-refractivity contribution is 7.80. The van der Waals surface area contributed by atoms with Crippen LogP contribution in [0.1, 0.15) is 0 Å². The highest BCUT2D eigenvalue weighted by Gasteiger charge is 1.98. The van der Waals surface area contributed by atoms with Crippen LogP contribution < -0.4 is 0 Å². The van der Waals surface area contributed by atoms with Gasteiger partial charge in [0.15, 0.2) is 0 Å². The SMILES string of the molecule is Sc1c[nH]c(-c2cccs2)c1. The second-order valence-corrected chi connectivity index (χ2v) is 3.71. The Bertz CT molecular complexity index is 335. The third-order valence-corrected chi connectivity index (χ3v) is 2.62. The minimum atomic E-state index is 0.980. The van der Waals surface area contributed by atoms with Gasteiger partial charge >= 0.3 is 0 Å². The molecule has 0 aliphatic heterocycles. The van der Waals surface area contributed by atoms with Crippen LogP contribution in [0.3, 0.4) is 0 Å². The first-order valence-electron chi connectivity index (χ1n) is 3.27. The van der Waals surface area contributed by atoms with Crippen molar-refractivity contribution < 1.29 is 0 Å². The van der Waals surface area contributed by atoms with Crippen molar-refractivity contribution in [2.24, 2.45) is 0 Å². The van der Waals surface area contributed by atoms with E-state index < -0.39 is 0 Å². The van der Waals surface area contributed by atoms with Gasteiger partial charge in [0.1, 0.15) is 0 Å². The summed E-state index contributed by atoms with van der Waals surface area (Å²) in [5, 5.41) is 2.06. The predicted octanol–water partition coefficient (Wildman–Crippen LogP) is 3.03. The molecule has 0 bridgehead atoms. The molecular formula is C8H7NS2. The molecule has 11 heavy (non-hydrogen) atoms. The number of thiophene rings is 1. The van der Waals surface area contributed by atoms with Crippen LogP contribution in [-0.2, 0) is 0 Å². The molecule has 0 saturated carbocycles. The molecule has 2 rings (SSSR count). The third kappa shape index (κ3) is 1.34. The first-order chi connectivity index (χ1) is 5.36. The molecule has 0 spiro atoms. The maximum atomic E-state index is 4.21. The Morgan fingerprint density at radius 1 is 1.45 bits per heavy atom.